The van der Waals surface area contributed by atoms with E-state index >= 15 is 0 Å². The van der Waals surface area contributed by atoms with E-state index in [-0.39, 0.29) is 5.75 Å². The molecule has 0 saturated heterocycles. The normalized spacial score (nSPS) is 9.27. The molecular formula is C8H6F2O. The molecule has 0 amide bonds. The largest absolute Gasteiger partial charge is 0.462 e. The maximum Gasteiger partial charge on any atom is 0.165 e. The van der Waals surface area contributed by atoms with Crippen molar-refractivity contribution in [1.82, 2.24) is 0 Å². The zero-order valence-corrected chi connectivity index (χ0v) is 5.68. The minimum Gasteiger partial charge on any atom is -0.462 e. The van der Waals surface area contributed by atoms with Crippen molar-refractivity contribution in [3.8, 4) is 5.75 Å². The standard InChI is InChI=1S/C8H6F2O/c1-2-11-8-5-6(9)3-4-7(8)10/h2-5H,1H2. The zero-order valence-electron chi connectivity index (χ0n) is 5.68. The summed E-state index contributed by atoms with van der Waals surface area (Å²) in [6.07, 6.45) is 1.04. The van der Waals surface area contributed by atoms with Gasteiger partial charge in [-0.2, -0.15) is 0 Å². The first-order chi connectivity index (χ1) is 5.24. The van der Waals surface area contributed by atoms with Crippen molar-refractivity contribution >= 4 is 0 Å². The van der Waals surface area contributed by atoms with Gasteiger partial charge >= 0.3 is 0 Å². The van der Waals surface area contributed by atoms with Gasteiger partial charge in [0.2, 0.25) is 0 Å². The van der Waals surface area contributed by atoms with Gasteiger partial charge in [-0.15, -0.1) is 0 Å². The highest BCUT2D eigenvalue weighted by Gasteiger charge is 2.02. The second kappa shape index (κ2) is 3.14. The first kappa shape index (κ1) is 7.72. The van der Waals surface area contributed by atoms with Gasteiger partial charge < -0.3 is 4.74 Å². The quantitative estimate of drug-likeness (QED) is 0.597. The van der Waals surface area contributed by atoms with E-state index in [4.69, 9.17) is 0 Å². The van der Waals surface area contributed by atoms with Crippen molar-refractivity contribution in [2.75, 3.05) is 0 Å². The Labute approximate surface area is 62.9 Å². The van der Waals surface area contributed by atoms with Gasteiger partial charge in [-0.25, -0.2) is 8.78 Å². The van der Waals surface area contributed by atoms with E-state index in [2.05, 4.69) is 11.3 Å². The van der Waals surface area contributed by atoms with Crippen LogP contribution in [0.5, 0.6) is 5.75 Å². The van der Waals surface area contributed by atoms with Crippen molar-refractivity contribution in [2.45, 2.75) is 0 Å². The SMILES string of the molecule is C=COc1cc(F)ccc1F. The summed E-state index contributed by atoms with van der Waals surface area (Å²) in [5.41, 5.74) is 0. The summed E-state index contributed by atoms with van der Waals surface area (Å²) in [6.45, 7) is 3.22. The van der Waals surface area contributed by atoms with Gasteiger partial charge in [-0.1, -0.05) is 6.58 Å². The van der Waals surface area contributed by atoms with Gasteiger partial charge in [0, 0.05) is 6.07 Å². The average Bonchev–Trinajstić information content (AvgIpc) is 1.98. The summed E-state index contributed by atoms with van der Waals surface area (Å²) >= 11 is 0. The van der Waals surface area contributed by atoms with Crippen molar-refractivity contribution in [3.63, 3.8) is 0 Å². The number of rotatable bonds is 2. The Morgan fingerprint density at radius 1 is 1.36 bits per heavy atom. The molecule has 3 heteroatoms. The molecule has 0 atom stereocenters. The molecule has 0 radical (unpaired) electrons. The molecule has 1 aromatic carbocycles. The lowest BCUT2D eigenvalue weighted by molar-refractivity contribution is 0.436. The van der Waals surface area contributed by atoms with E-state index in [1.165, 1.54) is 0 Å². The summed E-state index contributed by atoms with van der Waals surface area (Å²) in [5.74, 6) is -1.30. The highest BCUT2D eigenvalue weighted by molar-refractivity contribution is 5.25. The van der Waals surface area contributed by atoms with E-state index < -0.39 is 11.6 Å². The molecule has 0 fully saturated rings. The van der Waals surface area contributed by atoms with Gasteiger partial charge in [0.15, 0.2) is 11.6 Å². The number of ether oxygens (including phenoxy) is 1. The molecule has 1 aromatic rings. The second-order valence-corrected chi connectivity index (χ2v) is 1.86. The van der Waals surface area contributed by atoms with E-state index in [0.29, 0.717) is 0 Å². The van der Waals surface area contributed by atoms with E-state index in [9.17, 15) is 8.78 Å². The first-order valence-corrected chi connectivity index (χ1v) is 2.96. The molecule has 0 spiro atoms. The van der Waals surface area contributed by atoms with Crippen LogP contribution in [0.1, 0.15) is 0 Å². The summed E-state index contributed by atoms with van der Waals surface area (Å²) in [4.78, 5) is 0. The molecule has 0 bridgehead atoms. The third-order valence-corrected chi connectivity index (χ3v) is 1.10. The van der Waals surface area contributed by atoms with E-state index in [1.54, 1.807) is 0 Å². The lowest BCUT2D eigenvalue weighted by Gasteiger charge is -1.99. The Morgan fingerprint density at radius 2 is 2.09 bits per heavy atom. The van der Waals surface area contributed by atoms with Gasteiger partial charge in [-0.05, 0) is 12.1 Å². The summed E-state index contributed by atoms with van der Waals surface area (Å²) in [7, 11) is 0. The molecule has 0 N–H and O–H groups in total. The molecule has 0 aliphatic heterocycles. The predicted octanol–water partition coefficient (Wildman–Crippen LogP) is 2.49. The van der Waals surface area contributed by atoms with Gasteiger partial charge in [0.1, 0.15) is 5.82 Å². The Balaban J connectivity index is 3.01. The van der Waals surface area contributed by atoms with Crippen LogP contribution in [-0.4, -0.2) is 0 Å². The topological polar surface area (TPSA) is 9.23 Å². The molecule has 58 valence electrons. The number of benzene rings is 1. The molecule has 11 heavy (non-hydrogen) atoms. The predicted molar refractivity (Wildman–Crippen MR) is 37.2 cm³/mol. The van der Waals surface area contributed by atoms with Crippen LogP contribution in [0.4, 0.5) is 8.78 Å². The van der Waals surface area contributed by atoms with Crippen LogP contribution in [0.25, 0.3) is 0 Å². The monoisotopic (exact) mass is 156 g/mol. The molecule has 0 aliphatic rings. The van der Waals surface area contributed by atoms with Crippen molar-refractivity contribution < 1.29 is 13.5 Å². The Kier molecular flexibility index (Phi) is 2.21. The van der Waals surface area contributed by atoms with Gasteiger partial charge in [0.05, 0.1) is 6.26 Å². The molecule has 0 aromatic heterocycles. The van der Waals surface area contributed by atoms with Gasteiger partial charge in [0.25, 0.3) is 0 Å². The molecule has 1 nitrogen and oxygen atoms in total. The summed E-state index contributed by atoms with van der Waals surface area (Å²) in [5, 5.41) is 0. The lowest BCUT2D eigenvalue weighted by Crippen LogP contribution is -1.86. The first-order valence-electron chi connectivity index (χ1n) is 2.96. The minimum absolute atomic E-state index is 0.153. The number of halogens is 2. The molecule has 0 saturated carbocycles. The van der Waals surface area contributed by atoms with Crippen LogP contribution in [0.3, 0.4) is 0 Å². The van der Waals surface area contributed by atoms with Crippen LogP contribution in [0, 0.1) is 11.6 Å². The highest BCUT2D eigenvalue weighted by Crippen LogP contribution is 2.17. The third kappa shape index (κ3) is 1.77. The maximum absolute atomic E-state index is 12.6. The number of hydrogen-bond acceptors (Lipinski definition) is 1. The van der Waals surface area contributed by atoms with Crippen molar-refractivity contribution in [3.05, 3.63) is 42.7 Å². The lowest BCUT2D eigenvalue weighted by atomic mass is 10.3. The number of hydrogen-bond donors (Lipinski definition) is 0. The fraction of sp³-hybridized carbons (Fsp3) is 0. The third-order valence-electron chi connectivity index (χ3n) is 1.10. The molecular weight excluding hydrogens is 150 g/mol. The fourth-order valence-electron chi connectivity index (χ4n) is 0.657. The molecule has 0 heterocycles. The van der Waals surface area contributed by atoms with E-state index in [1.807, 2.05) is 0 Å². The van der Waals surface area contributed by atoms with Gasteiger partial charge in [-0.3, -0.25) is 0 Å². The summed E-state index contributed by atoms with van der Waals surface area (Å²) < 4.78 is 29.6. The molecule has 1 rings (SSSR count). The van der Waals surface area contributed by atoms with Crippen LogP contribution >= 0.6 is 0 Å². The van der Waals surface area contributed by atoms with Crippen LogP contribution in [0.2, 0.25) is 0 Å². The zero-order chi connectivity index (χ0) is 8.27. The minimum atomic E-state index is -0.605. The Bertz CT molecular complexity index is 271. The van der Waals surface area contributed by atoms with Crippen LogP contribution in [0.15, 0.2) is 31.0 Å². The van der Waals surface area contributed by atoms with Crippen LogP contribution < -0.4 is 4.74 Å². The Hall–Kier alpha value is -1.38. The van der Waals surface area contributed by atoms with Crippen molar-refractivity contribution in [1.29, 1.82) is 0 Å². The summed E-state index contributed by atoms with van der Waals surface area (Å²) in [6, 6.07) is 2.97. The fourth-order valence-corrected chi connectivity index (χ4v) is 0.657. The molecule has 0 unspecified atom stereocenters. The van der Waals surface area contributed by atoms with Crippen LogP contribution in [-0.2, 0) is 0 Å². The molecule has 0 aliphatic carbocycles. The smallest absolute Gasteiger partial charge is 0.165 e. The maximum atomic E-state index is 12.6. The van der Waals surface area contributed by atoms with Crippen molar-refractivity contribution in [2.24, 2.45) is 0 Å². The Morgan fingerprint density at radius 3 is 2.73 bits per heavy atom. The van der Waals surface area contributed by atoms with E-state index in [0.717, 1.165) is 24.5 Å². The average molecular weight is 156 g/mol. The second-order valence-electron chi connectivity index (χ2n) is 1.86. The highest BCUT2D eigenvalue weighted by atomic mass is 19.1.